The molecule has 0 bridgehead atoms. The first kappa shape index (κ1) is 16.0. The lowest BCUT2D eigenvalue weighted by Gasteiger charge is -2.28. The molecule has 1 saturated heterocycles. The number of halogens is 1. The van der Waals surface area contributed by atoms with Crippen molar-refractivity contribution < 1.29 is 4.79 Å². The van der Waals surface area contributed by atoms with Crippen LogP contribution in [0.4, 0.5) is 0 Å². The Morgan fingerprint density at radius 1 is 1.42 bits per heavy atom. The molecule has 106 valence electrons. The predicted octanol–water partition coefficient (Wildman–Crippen LogP) is 2.22. The number of piperidine rings is 1. The zero-order valence-electron chi connectivity index (χ0n) is 11.6. The Morgan fingerprint density at radius 3 is 2.84 bits per heavy atom. The van der Waals surface area contributed by atoms with Crippen LogP contribution in [0, 0.1) is 6.92 Å². The number of benzene rings is 1. The standard InChI is InChI=1S/C15H22N2O.ClH/c1-11-5-3-4-6-13(11)10-15(18)17-14-7-8-16-12(2)9-14;/h3-6,12,14,16H,7-10H2,1-2H3,(H,17,18);1H. The van der Waals surface area contributed by atoms with Gasteiger partial charge in [-0.15, -0.1) is 12.4 Å². The van der Waals surface area contributed by atoms with Crippen molar-refractivity contribution in [3.8, 4) is 0 Å². The number of amides is 1. The molecule has 3 nitrogen and oxygen atoms in total. The van der Waals surface area contributed by atoms with Crippen LogP contribution in [0.2, 0.25) is 0 Å². The van der Waals surface area contributed by atoms with E-state index in [0.29, 0.717) is 18.5 Å². The van der Waals surface area contributed by atoms with Crippen LogP contribution in [0.3, 0.4) is 0 Å². The molecule has 4 heteroatoms. The van der Waals surface area contributed by atoms with Gasteiger partial charge >= 0.3 is 0 Å². The summed E-state index contributed by atoms with van der Waals surface area (Å²) in [6, 6.07) is 8.91. The molecule has 1 aliphatic heterocycles. The highest BCUT2D eigenvalue weighted by Gasteiger charge is 2.19. The summed E-state index contributed by atoms with van der Waals surface area (Å²) in [6.45, 7) is 5.21. The van der Waals surface area contributed by atoms with E-state index in [9.17, 15) is 4.79 Å². The molecular formula is C15H23ClN2O. The topological polar surface area (TPSA) is 41.1 Å². The lowest BCUT2D eigenvalue weighted by atomic mass is 10.00. The quantitative estimate of drug-likeness (QED) is 0.893. The van der Waals surface area contributed by atoms with Gasteiger partial charge in [-0.25, -0.2) is 0 Å². The molecule has 1 amide bonds. The van der Waals surface area contributed by atoms with Crippen molar-refractivity contribution in [1.29, 1.82) is 0 Å². The summed E-state index contributed by atoms with van der Waals surface area (Å²) in [5, 5.41) is 6.54. The zero-order valence-corrected chi connectivity index (χ0v) is 12.4. The number of carbonyl (C=O) groups excluding carboxylic acids is 1. The second kappa shape index (κ2) is 7.51. The lowest BCUT2D eigenvalue weighted by molar-refractivity contribution is -0.121. The van der Waals surface area contributed by atoms with Gasteiger partial charge in [-0.3, -0.25) is 4.79 Å². The fraction of sp³-hybridized carbons (Fsp3) is 0.533. The van der Waals surface area contributed by atoms with Crippen molar-refractivity contribution in [3.05, 3.63) is 35.4 Å². The monoisotopic (exact) mass is 282 g/mol. The molecule has 0 saturated carbocycles. The maximum absolute atomic E-state index is 12.0. The van der Waals surface area contributed by atoms with Gasteiger partial charge in [0, 0.05) is 12.1 Å². The molecule has 19 heavy (non-hydrogen) atoms. The predicted molar refractivity (Wildman–Crippen MR) is 80.8 cm³/mol. The summed E-state index contributed by atoms with van der Waals surface area (Å²) in [5.41, 5.74) is 2.31. The number of hydrogen-bond donors (Lipinski definition) is 2. The average molecular weight is 283 g/mol. The second-order valence-electron chi connectivity index (χ2n) is 5.25. The summed E-state index contributed by atoms with van der Waals surface area (Å²) in [7, 11) is 0. The molecule has 0 spiro atoms. The van der Waals surface area contributed by atoms with E-state index in [1.54, 1.807) is 0 Å². The van der Waals surface area contributed by atoms with Gasteiger partial charge in [0.1, 0.15) is 0 Å². The van der Waals surface area contributed by atoms with Crippen molar-refractivity contribution in [2.24, 2.45) is 0 Å². The Bertz CT molecular complexity index is 422. The molecule has 1 fully saturated rings. The van der Waals surface area contributed by atoms with Gasteiger partial charge in [-0.1, -0.05) is 24.3 Å². The Morgan fingerprint density at radius 2 is 2.16 bits per heavy atom. The Hall–Kier alpha value is -1.06. The average Bonchev–Trinajstić information content (AvgIpc) is 2.32. The molecule has 2 atom stereocenters. The molecule has 1 aliphatic rings. The summed E-state index contributed by atoms with van der Waals surface area (Å²) in [6.07, 6.45) is 2.55. The van der Waals surface area contributed by atoms with Crippen LogP contribution < -0.4 is 10.6 Å². The van der Waals surface area contributed by atoms with E-state index >= 15 is 0 Å². The lowest BCUT2D eigenvalue weighted by Crippen LogP contribution is -2.47. The van der Waals surface area contributed by atoms with Gasteiger partial charge in [0.25, 0.3) is 0 Å². The molecule has 2 unspecified atom stereocenters. The van der Waals surface area contributed by atoms with Crippen LogP contribution in [-0.2, 0) is 11.2 Å². The van der Waals surface area contributed by atoms with Crippen molar-refractivity contribution in [2.75, 3.05) is 6.54 Å². The fourth-order valence-corrected chi connectivity index (χ4v) is 2.52. The van der Waals surface area contributed by atoms with Crippen molar-refractivity contribution >= 4 is 18.3 Å². The summed E-state index contributed by atoms with van der Waals surface area (Å²) < 4.78 is 0. The van der Waals surface area contributed by atoms with Crippen LogP contribution in [0.15, 0.2) is 24.3 Å². The molecular weight excluding hydrogens is 260 g/mol. The highest BCUT2D eigenvalue weighted by Crippen LogP contribution is 2.10. The van der Waals surface area contributed by atoms with Crippen LogP contribution >= 0.6 is 12.4 Å². The number of carbonyl (C=O) groups is 1. The van der Waals surface area contributed by atoms with E-state index in [0.717, 1.165) is 24.9 Å². The van der Waals surface area contributed by atoms with E-state index in [1.165, 1.54) is 5.56 Å². The molecule has 0 aromatic heterocycles. The van der Waals surface area contributed by atoms with E-state index in [-0.39, 0.29) is 18.3 Å². The third kappa shape index (κ3) is 4.84. The van der Waals surface area contributed by atoms with E-state index in [2.05, 4.69) is 30.5 Å². The smallest absolute Gasteiger partial charge is 0.224 e. The maximum Gasteiger partial charge on any atom is 0.224 e. The highest BCUT2D eigenvalue weighted by atomic mass is 35.5. The van der Waals surface area contributed by atoms with Crippen LogP contribution in [0.25, 0.3) is 0 Å². The summed E-state index contributed by atoms with van der Waals surface area (Å²) in [4.78, 5) is 12.0. The van der Waals surface area contributed by atoms with E-state index < -0.39 is 0 Å². The van der Waals surface area contributed by atoms with E-state index in [4.69, 9.17) is 0 Å². The first-order valence-electron chi connectivity index (χ1n) is 6.72. The fourth-order valence-electron chi connectivity index (χ4n) is 2.52. The molecule has 1 heterocycles. The zero-order chi connectivity index (χ0) is 13.0. The molecule has 2 rings (SSSR count). The summed E-state index contributed by atoms with van der Waals surface area (Å²) in [5.74, 6) is 0.142. The minimum Gasteiger partial charge on any atom is -0.353 e. The first-order valence-corrected chi connectivity index (χ1v) is 6.72. The van der Waals surface area contributed by atoms with Gasteiger partial charge in [-0.2, -0.15) is 0 Å². The Kier molecular flexibility index (Phi) is 6.32. The Balaban J connectivity index is 0.00000180. The van der Waals surface area contributed by atoms with Gasteiger partial charge < -0.3 is 10.6 Å². The molecule has 0 radical (unpaired) electrons. The first-order chi connectivity index (χ1) is 8.65. The minimum absolute atomic E-state index is 0. The molecule has 1 aromatic rings. The third-order valence-electron chi connectivity index (χ3n) is 3.60. The van der Waals surface area contributed by atoms with Gasteiger partial charge in [-0.05, 0) is 44.4 Å². The number of nitrogens with one attached hydrogen (secondary N) is 2. The highest BCUT2D eigenvalue weighted by molar-refractivity contribution is 5.85. The van der Waals surface area contributed by atoms with Crippen molar-refractivity contribution in [3.63, 3.8) is 0 Å². The number of rotatable bonds is 3. The van der Waals surface area contributed by atoms with Crippen LogP contribution in [0.1, 0.15) is 30.9 Å². The normalized spacial score (nSPS) is 22.4. The number of aryl methyl sites for hydroxylation is 1. The van der Waals surface area contributed by atoms with Crippen molar-refractivity contribution in [1.82, 2.24) is 10.6 Å². The van der Waals surface area contributed by atoms with Gasteiger partial charge in [0.15, 0.2) is 0 Å². The Labute approximate surface area is 121 Å². The molecule has 2 N–H and O–H groups in total. The van der Waals surface area contributed by atoms with Crippen molar-refractivity contribution in [2.45, 2.75) is 45.2 Å². The maximum atomic E-state index is 12.0. The third-order valence-corrected chi connectivity index (χ3v) is 3.60. The largest absolute Gasteiger partial charge is 0.353 e. The SMILES string of the molecule is Cc1ccccc1CC(=O)NC1CCNC(C)C1.Cl. The second-order valence-corrected chi connectivity index (χ2v) is 5.25. The minimum atomic E-state index is 0. The van der Waals surface area contributed by atoms with Crippen LogP contribution in [-0.4, -0.2) is 24.5 Å². The number of hydrogen-bond acceptors (Lipinski definition) is 2. The summed E-state index contributed by atoms with van der Waals surface area (Å²) >= 11 is 0. The van der Waals surface area contributed by atoms with Gasteiger partial charge in [0.05, 0.1) is 6.42 Å². The van der Waals surface area contributed by atoms with Crippen LogP contribution in [0.5, 0.6) is 0 Å². The molecule has 0 aliphatic carbocycles. The molecule has 1 aromatic carbocycles. The van der Waals surface area contributed by atoms with E-state index in [1.807, 2.05) is 18.2 Å². The van der Waals surface area contributed by atoms with Gasteiger partial charge in [0.2, 0.25) is 5.91 Å².